The van der Waals surface area contributed by atoms with E-state index >= 15 is 0 Å². The van der Waals surface area contributed by atoms with Crippen molar-refractivity contribution < 1.29 is 12.6 Å². The molecule has 0 bridgehead atoms. The quantitative estimate of drug-likeness (QED) is 0.615. The first-order valence-corrected chi connectivity index (χ1v) is 9.02. The second-order valence-corrected chi connectivity index (χ2v) is 6.69. The van der Waals surface area contributed by atoms with Crippen LogP contribution in [0, 0.1) is 6.92 Å². The minimum Gasteiger partial charge on any atom is -0.378 e. The van der Waals surface area contributed by atoms with Crippen molar-refractivity contribution >= 4 is 27.6 Å². The predicted molar refractivity (Wildman–Crippen MR) is 87.4 cm³/mol. The van der Waals surface area contributed by atoms with Gasteiger partial charge in [0.1, 0.15) is 4.90 Å². The van der Waals surface area contributed by atoms with Crippen molar-refractivity contribution in [2.75, 3.05) is 6.26 Å². The minimum absolute atomic E-state index is 0.149. The molecule has 3 nitrogen and oxygen atoms in total. The van der Waals surface area contributed by atoms with E-state index in [1.807, 2.05) is 43.5 Å². The summed E-state index contributed by atoms with van der Waals surface area (Å²) in [5.74, 6) is 0.323. The van der Waals surface area contributed by atoms with Crippen LogP contribution in [-0.4, -0.2) is 14.7 Å². The third-order valence-corrected chi connectivity index (χ3v) is 4.49. The van der Waals surface area contributed by atoms with Crippen LogP contribution in [0.15, 0.2) is 64.9 Å². The maximum Gasteiger partial charge on any atom is 0.339 e. The zero-order valence-electron chi connectivity index (χ0n) is 11.8. The highest BCUT2D eigenvalue weighted by Gasteiger charge is 2.18. The van der Waals surface area contributed by atoms with Crippen molar-refractivity contribution in [2.24, 2.45) is 0 Å². The van der Waals surface area contributed by atoms with Crippen molar-refractivity contribution in [2.45, 2.75) is 11.8 Å². The van der Waals surface area contributed by atoms with Gasteiger partial charge < -0.3 is 4.18 Å². The molecule has 0 amide bonds. The van der Waals surface area contributed by atoms with Crippen LogP contribution in [0.25, 0.3) is 5.76 Å². The summed E-state index contributed by atoms with van der Waals surface area (Å²) in [4.78, 5) is 0.149. The molecule has 2 rings (SSSR count). The van der Waals surface area contributed by atoms with Crippen molar-refractivity contribution in [3.63, 3.8) is 0 Å². The second-order valence-electron chi connectivity index (χ2n) is 4.43. The Labute approximate surface area is 129 Å². The lowest BCUT2D eigenvalue weighted by molar-refractivity contribution is 0.464. The van der Waals surface area contributed by atoms with Crippen LogP contribution in [-0.2, 0) is 14.3 Å². The summed E-state index contributed by atoms with van der Waals surface area (Å²) < 4.78 is 30.0. The Balaban J connectivity index is 2.33. The highest BCUT2D eigenvalue weighted by atomic mass is 32.2. The Kier molecular flexibility index (Phi) is 5.09. The van der Waals surface area contributed by atoms with Crippen molar-refractivity contribution in [1.29, 1.82) is 0 Å². The Morgan fingerprint density at radius 3 is 2.24 bits per heavy atom. The zero-order valence-corrected chi connectivity index (χ0v) is 13.4. The van der Waals surface area contributed by atoms with Crippen LogP contribution in [0.3, 0.4) is 0 Å². The fraction of sp³-hybridized carbons (Fsp3) is 0.125. The first-order chi connectivity index (χ1) is 10.0. The van der Waals surface area contributed by atoms with E-state index < -0.39 is 10.1 Å². The van der Waals surface area contributed by atoms with Gasteiger partial charge in [-0.05, 0) is 25.3 Å². The van der Waals surface area contributed by atoms with Crippen LogP contribution >= 0.6 is 11.8 Å². The van der Waals surface area contributed by atoms with Crippen LogP contribution in [0.5, 0.6) is 0 Å². The van der Waals surface area contributed by atoms with E-state index in [0.717, 1.165) is 11.1 Å². The first kappa shape index (κ1) is 15.7. The molecule has 110 valence electrons. The SMILES string of the molecule is CS/C=C(\OS(=O)(=O)c1ccc(C)cc1)c1ccccc1. The molecule has 0 spiro atoms. The molecule has 21 heavy (non-hydrogen) atoms. The second kappa shape index (κ2) is 6.83. The van der Waals surface area contributed by atoms with E-state index in [0.29, 0.717) is 5.76 Å². The third-order valence-electron chi connectivity index (χ3n) is 2.79. The van der Waals surface area contributed by atoms with Crippen LogP contribution in [0.1, 0.15) is 11.1 Å². The van der Waals surface area contributed by atoms with E-state index in [1.165, 1.54) is 11.8 Å². The number of aryl methyl sites for hydroxylation is 1. The molecule has 0 aliphatic rings. The standard InChI is InChI=1S/C16H16O3S2/c1-13-8-10-15(11-9-13)21(17,18)19-16(12-20-2)14-6-4-3-5-7-14/h3-12H,1-2H3/b16-12-. The fourth-order valence-electron chi connectivity index (χ4n) is 1.72. The van der Waals surface area contributed by atoms with Gasteiger partial charge >= 0.3 is 10.1 Å². The molecule has 0 atom stereocenters. The fourth-order valence-corrected chi connectivity index (χ4v) is 3.12. The van der Waals surface area contributed by atoms with E-state index in [1.54, 1.807) is 29.7 Å². The maximum absolute atomic E-state index is 12.3. The smallest absolute Gasteiger partial charge is 0.339 e. The van der Waals surface area contributed by atoms with Gasteiger partial charge in [-0.1, -0.05) is 48.0 Å². The van der Waals surface area contributed by atoms with Crippen molar-refractivity contribution in [3.05, 3.63) is 71.1 Å². The molecule has 0 heterocycles. The average molecular weight is 320 g/mol. The summed E-state index contributed by atoms with van der Waals surface area (Å²) in [7, 11) is -3.83. The summed E-state index contributed by atoms with van der Waals surface area (Å²) in [5.41, 5.74) is 1.72. The summed E-state index contributed by atoms with van der Waals surface area (Å²) in [6.45, 7) is 1.90. The summed E-state index contributed by atoms with van der Waals surface area (Å²) in [6, 6.07) is 15.8. The van der Waals surface area contributed by atoms with E-state index in [9.17, 15) is 8.42 Å². The Hall–Kier alpha value is -1.72. The van der Waals surface area contributed by atoms with Crippen molar-refractivity contribution in [3.8, 4) is 0 Å². The minimum atomic E-state index is -3.83. The number of hydrogen-bond acceptors (Lipinski definition) is 4. The highest BCUT2D eigenvalue weighted by Crippen LogP contribution is 2.24. The average Bonchev–Trinajstić information content (AvgIpc) is 2.48. The zero-order chi connectivity index (χ0) is 15.3. The number of thioether (sulfide) groups is 1. The first-order valence-electron chi connectivity index (χ1n) is 6.32. The van der Waals surface area contributed by atoms with Gasteiger partial charge in [-0.15, -0.1) is 11.8 Å². The molecule has 5 heteroatoms. The Morgan fingerprint density at radius 1 is 1.05 bits per heavy atom. The molecule has 0 radical (unpaired) electrons. The molecule has 0 aliphatic heterocycles. The van der Waals surface area contributed by atoms with Crippen molar-refractivity contribution in [1.82, 2.24) is 0 Å². The Morgan fingerprint density at radius 2 is 1.67 bits per heavy atom. The molecule has 0 saturated heterocycles. The maximum atomic E-state index is 12.3. The van der Waals surface area contributed by atoms with Gasteiger partial charge in [0, 0.05) is 11.0 Å². The van der Waals surface area contributed by atoms with Gasteiger partial charge in [-0.3, -0.25) is 0 Å². The van der Waals surface area contributed by atoms with Crippen LogP contribution in [0.4, 0.5) is 0 Å². The molecule has 0 aliphatic carbocycles. The molecule has 0 unspecified atom stereocenters. The van der Waals surface area contributed by atoms with Gasteiger partial charge in [0.05, 0.1) is 0 Å². The van der Waals surface area contributed by atoms with Gasteiger partial charge in [-0.25, -0.2) is 0 Å². The van der Waals surface area contributed by atoms with Gasteiger partial charge in [0.2, 0.25) is 0 Å². The van der Waals surface area contributed by atoms with Gasteiger partial charge in [0.25, 0.3) is 0 Å². The summed E-state index contributed by atoms with van der Waals surface area (Å²) in [6.07, 6.45) is 1.85. The molecule has 0 N–H and O–H groups in total. The van der Waals surface area contributed by atoms with E-state index in [-0.39, 0.29) is 4.90 Å². The van der Waals surface area contributed by atoms with Gasteiger partial charge in [0.15, 0.2) is 5.76 Å². The number of benzene rings is 2. The van der Waals surface area contributed by atoms with Crippen LogP contribution in [0.2, 0.25) is 0 Å². The monoisotopic (exact) mass is 320 g/mol. The lowest BCUT2D eigenvalue weighted by atomic mass is 10.2. The molecule has 0 fully saturated rings. The Bertz CT molecular complexity index is 718. The third kappa shape index (κ3) is 4.12. The number of hydrogen-bond donors (Lipinski definition) is 0. The lowest BCUT2D eigenvalue weighted by Gasteiger charge is -2.11. The molecule has 2 aromatic rings. The molecular weight excluding hydrogens is 304 g/mol. The van der Waals surface area contributed by atoms with E-state index in [4.69, 9.17) is 4.18 Å². The lowest BCUT2D eigenvalue weighted by Crippen LogP contribution is -2.06. The van der Waals surface area contributed by atoms with Crippen LogP contribution < -0.4 is 0 Å². The largest absolute Gasteiger partial charge is 0.378 e. The summed E-state index contributed by atoms with van der Waals surface area (Å²) in [5, 5.41) is 1.68. The molecule has 0 saturated carbocycles. The molecule has 0 aromatic heterocycles. The predicted octanol–water partition coefficient (Wildman–Crippen LogP) is 4.06. The van der Waals surface area contributed by atoms with Gasteiger partial charge in [-0.2, -0.15) is 8.42 Å². The number of rotatable bonds is 5. The normalized spacial score (nSPS) is 12.2. The van der Waals surface area contributed by atoms with E-state index in [2.05, 4.69) is 0 Å². The summed E-state index contributed by atoms with van der Waals surface area (Å²) >= 11 is 1.39. The molecular formula is C16H16O3S2. The topological polar surface area (TPSA) is 43.4 Å². The highest BCUT2D eigenvalue weighted by molar-refractivity contribution is 8.01. The molecule has 2 aromatic carbocycles.